The van der Waals surface area contributed by atoms with Gasteiger partial charge in [0.2, 0.25) is 0 Å². The van der Waals surface area contributed by atoms with Crippen molar-refractivity contribution in [3.8, 4) is 0 Å². The molecule has 2 atom stereocenters. The largest absolute Gasteiger partial charge is 0.385 e. The van der Waals surface area contributed by atoms with Gasteiger partial charge in [-0.05, 0) is 55.2 Å². The predicted molar refractivity (Wildman–Crippen MR) is 83.8 cm³/mol. The first-order chi connectivity index (χ1) is 10.3. The van der Waals surface area contributed by atoms with Crippen molar-refractivity contribution < 1.29 is 9.47 Å². The molecule has 3 aliphatic rings. The van der Waals surface area contributed by atoms with Gasteiger partial charge in [-0.25, -0.2) is 0 Å². The fraction of sp³-hybridized carbons (Fsp3) is 0.667. The Balaban J connectivity index is 1.45. The van der Waals surface area contributed by atoms with Crippen molar-refractivity contribution in [2.24, 2.45) is 5.92 Å². The molecule has 0 radical (unpaired) electrons. The van der Waals surface area contributed by atoms with Gasteiger partial charge in [0.25, 0.3) is 0 Å². The molecule has 114 valence electrons. The smallest absolute Gasteiger partial charge is 0.0939 e. The maximum Gasteiger partial charge on any atom is 0.0939 e. The fourth-order valence-corrected chi connectivity index (χ4v) is 4.16. The summed E-state index contributed by atoms with van der Waals surface area (Å²) in [6.07, 6.45) is 7.12. The Bertz CT molecular complexity index is 508. The minimum Gasteiger partial charge on any atom is -0.385 e. The van der Waals surface area contributed by atoms with Gasteiger partial charge >= 0.3 is 0 Å². The molecule has 1 N–H and O–H groups in total. The summed E-state index contributed by atoms with van der Waals surface area (Å²) in [5.74, 6) is 0.745. The molecule has 1 aromatic carbocycles. The lowest BCUT2D eigenvalue weighted by Crippen LogP contribution is -2.40. The minimum absolute atomic E-state index is 0.0404. The molecule has 1 aromatic rings. The van der Waals surface area contributed by atoms with Crippen LogP contribution in [0, 0.1) is 5.92 Å². The van der Waals surface area contributed by atoms with Gasteiger partial charge in [-0.1, -0.05) is 12.1 Å². The summed E-state index contributed by atoms with van der Waals surface area (Å²) in [5.41, 5.74) is 4.39. The lowest BCUT2D eigenvalue weighted by molar-refractivity contribution is -0.0976. The van der Waals surface area contributed by atoms with Crippen LogP contribution in [0.3, 0.4) is 0 Å². The Morgan fingerprint density at radius 2 is 2.29 bits per heavy atom. The van der Waals surface area contributed by atoms with Crippen LogP contribution in [0.25, 0.3) is 0 Å². The van der Waals surface area contributed by atoms with Crippen LogP contribution in [-0.2, 0) is 22.3 Å². The van der Waals surface area contributed by atoms with Crippen LogP contribution in [0.5, 0.6) is 0 Å². The third-order valence-corrected chi connectivity index (χ3v) is 5.29. The Kier molecular flexibility index (Phi) is 3.64. The number of rotatable bonds is 2. The van der Waals surface area contributed by atoms with Crippen LogP contribution in [0.2, 0.25) is 0 Å². The average molecular weight is 287 g/mol. The molecule has 2 unspecified atom stereocenters. The molecule has 0 amide bonds. The van der Waals surface area contributed by atoms with Gasteiger partial charge in [-0.3, -0.25) is 0 Å². The summed E-state index contributed by atoms with van der Waals surface area (Å²) < 4.78 is 11.6. The SMILES string of the molecule is c1cc2c(cc1CC1CCOC3(CCOC3)C1)CCCN2. The van der Waals surface area contributed by atoms with Crippen LogP contribution in [0.15, 0.2) is 18.2 Å². The van der Waals surface area contributed by atoms with Gasteiger partial charge < -0.3 is 14.8 Å². The normalized spacial score (nSPS) is 31.9. The molecule has 3 heterocycles. The van der Waals surface area contributed by atoms with E-state index in [4.69, 9.17) is 9.47 Å². The molecule has 2 saturated heterocycles. The minimum atomic E-state index is 0.0404. The highest BCUT2D eigenvalue weighted by atomic mass is 16.6. The first-order valence-electron chi connectivity index (χ1n) is 8.40. The quantitative estimate of drug-likeness (QED) is 0.906. The molecular formula is C18H25NO2. The summed E-state index contributed by atoms with van der Waals surface area (Å²) >= 11 is 0. The molecule has 3 aliphatic heterocycles. The highest BCUT2D eigenvalue weighted by Crippen LogP contribution is 2.37. The zero-order chi connectivity index (χ0) is 14.1. The van der Waals surface area contributed by atoms with Gasteiger partial charge in [0.15, 0.2) is 0 Å². The molecule has 0 aliphatic carbocycles. The van der Waals surface area contributed by atoms with Crippen LogP contribution in [0.1, 0.15) is 36.8 Å². The third kappa shape index (κ3) is 2.82. The summed E-state index contributed by atoms with van der Waals surface area (Å²) in [6.45, 7) is 3.70. The van der Waals surface area contributed by atoms with E-state index in [0.29, 0.717) is 0 Å². The van der Waals surface area contributed by atoms with Crippen molar-refractivity contribution in [3.05, 3.63) is 29.3 Å². The number of hydrogen-bond donors (Lipinski definition) is 1. The number of fused-ring (bicyclic) bond motifs is 1. The zero-order valence-corrected chi connectivity index (χ0v) is 12.7. The van der Waals surface area contributed by atoms with Gasteiger partial charge in [-0.2, -0.15) is 0 Å². The van der Waals surface area contributed by atoms with Crippen LogP contribution in [0.4, 0.5) is 5.69 Å². The lowest BCUT2D eigenvalue weighted by Gasteiger charge is -2.37. The van der Waals surface area contributed by atoms with Crippen molar-refractivity contribution in [1.29, 1.82) is 0 Å². The number of nitrogens with one attached hydrogen (secondary N) is 1. The van der Waals surface area contributed by atoms with E-state index in [-0.39, 0.29) is 5.60 Å². The number of aryl methyl sites for hydroxylation is 1. The van der Waals surface area contributed by atoms with E-state index in [9.17, 15) is 0 Å². The van der Waals surface area contributed by atoms with Crippen molar-refractivity contribution in [3.63, 3.8) is 0 Å². The zero-order valence-electron chi connectivity index (χ0n) is 12.7. The molecule has 1 spiro atoms. The topological polar surface area (TPSA) is 30.5 Å². The number of hydrogen-bond acceptors (Lipinski definition) is 3. The lowest BCUT2D eigenvalue weighted by atomic mass is 9.81. The van der Waals surface area contributed by atoms with Gasteiger partial charge in [-0.15, -0.1) is 0 Å². The molecule has 0 saturated carbocycles. The van der Waals surface area contributed by atoms with Crippen molar-refractivity contribution >= 4 is 5.69 Å². The summed E-state index contributed by atoms with van der Waals surface area (Å²) in [4.78, 5) is 0. The van der Waals surface area contributed by atoms with Crippen molar-refractivity contribution in [2.45, 2.75) is 44.1 Å². The maximum absolute atomic E-state index is 6.05. The highest BCUT2D eigenvalue weighted by molar-refractivity contribution is 5.54. The number of benzene rings is 1. The second kappa shape index (κ2) is 5.62. The molecule has 0 aromatic heterocycles. The van der Waals surface area contributed by atoms with Crippen LogP contribution in [-0.4, -0.2) is 32.0 Å². The van der Waals surface area contributed by atoms with E-state index in [1.54, 1.807) is 0 Å². The first kappa shape index (κ1) is 13.6. The highest BCUT2D eigenvalue weighted by Gasteiger charge is 2.40. The van der Waals surface area contributed by atoms with E-state index >= 15 is 0 Å². The van der Waals surface area contributed by atoms with E-state index in [0.717, 1.165) is 38.7 Å². The van der Waals surface area contributed by atoms with Gasteiger partial charge in [0, 0.05) is 31.9 Å². The Morgan fingerprint density at radius 1 is 1.29 bits per heavy atom. The molecule has 21 heavy (non-hydrogen) atoms. The number of ether oxygens (including phenoxy) is 2. The second-order valence-corrected chi connectivity index (χ2v) is 6.92. The average Bonchev–Trinajstić information content (AvgIpc) is 2.95. The molecule has 3 nitrogen and oxygen atoms in total. The fourth-order valence-electron chi connectivity index (χ4n) is 4.16. The maximum atomic E-state index is 6.05. The van der Waals surface area contributed by atoms with Crippen LogP contribution < -0.4 is 5.32 Å². The molecule has 3 heteroatoms. The number of anilines is 1. The van der Waals surface area contributed by atoms with Crippen molar-refractivity contribution in [2.75, 3.05) is 31.7 Å². The Morgan fingerprint density at radius 3 is 3.19 bits per heavy atom. The monoisotopic (exact) mass is 287 g/mol. The van der Waals surface area contributed by atoms with E-state index < -0.39 is 0 Å². The van der Waals surface area contributed by atoms with E-state index in [1.807, 2.05) is 0 Å². The van der Waals surface area contributed by atoms with E-state index in [2.05, 4.69) is 23.5 Å². The second-order valence-electron chi connectivity index (χ2n) is 6.92. The first-order valence-corrected chi connectivity index (χ1v) is 8.40. The molecule has 2 fully saturated rings. The van der Waals surface area contributed by atoms with Crippen LogP contribution >= 0.6 is 0 Å². The van der Waals surface area contributed by atoms with Gasteiger partial charge in [0.1, 0.15) is 0 Å². The Labute approximate surface area is 127 Å². The van der Waals surface area contributed by atoms with E-state index in [1.165, 1.54) is 48.9 Å². The van der Waals surface area contributed by atoms with Crippen molar-refractivity contribution in [1.82, 2.24) is 0 Å². The summed E-state index contributed by atoms with van der Waals surface area (Å²) in [5, 5.41) is 3.50. The standard InChI is InChI=1S/C18H25NO2/c1-2-16-11-14(3-4-17(16)19-7-1)10-15-5-8-21-18(12-15)6-9-20-13-18/h3-4,11,15,19H,1-2,5-10,12-13H2. The summed E-state index contributed by atoms with van der Waals surface area (Å²) in [7, 11) is 0. The predicted octanol–water partition coefficient (Wildman–Crippen LogP) is 3.17. The van der Waals surface area contributed by atoms with Gasteiger partial charge in [0.05, 0.1) is 12.2 Å². The third-order valence-electron chi connectivity index (χ3n) is 5.29. The molecule has 4 rings (SSSR count). The molecule has 0 bridgehead atoms. The summed E-state index contributed by atoms with van der Waals surface area (Å²) in [6, 6.07) is 7.01. The molecular weight excluding hydrogens is 262 g/mol. The Hall–Kier alpha value is -1.06.